The third-order valence-electron chi connectivity index (χ3n) is 2.90. The van der Waals surface area contributed by atoms with Crippen molar-refractivity contribution in [3.63, 3.8) is 0 Å². The smallest absolute Gasteiger partial charge is 0.262 e. The normalized spacial score (nSPS) is 10.7. The number of halogens is 1. The molecule has 0 aliphatic carbocycles. The first kappa shape index (κ1) is 12.8. The second-order valence-electron chi connectivity index (χ2n) is 4.28. The van der Waals surface area contributed by atoms with Crippen LogP contribution in [-0.4, -0.2) is 20.2 Å². The molecule has 0 aliphatic rings. The molecule has 1 aromatic carbocycles. The standard InChI is InChI=1S/C14H10BrN3O2/c1-8-4-5-16-7-11(8)13-17-14(20-18-13)10-6-9(15)2-3-12(10)19/h2-7,19H,1H3. The number of pyridine rings is 1. The van der Waals surface area contributed by atoms with Gasteiger partial charge in [-0.15, -0.1) is 0 Å². The molecule has 0 amide bonds. The topological polar surface area (TPSA) is 72.0 Å². The van der Waals surface area contributed by atoms with Gasteiger partial charge in [-0.1, -0.05) is 21.1 Å². The van der Waals surface area contributed by atoms with Crippen molar-refractivity contribution in [1.82, 2.24) is 15.1 Å². The summed E-state index contributed by atoms with van der Waals surface area (Å²) in [6, 6.07) is 6.91. The predicted molar refractivity (Wildman–Crippen MR) is 77.1 cm³/mol. The van der Waals surface area contributed by atoms with Crippen molar-refractivity contribution < 1.29 is 9.63 Å². The number of rotatable bonds is 2. The number of hydrogen-bond acceptors (Lipinski definition) is 5. The Bertz CT molecular complexity index is 771. The van der Waals surface area contributed by atoms with Gasteiger partial charge in [-0.3, -0.25) is 4.98 Å². The molecule has 0 saturated carbocycles. The van der Waals surface area contributed by atoms with Crippen LogP contribution in [0.1, 0.15) is 5.56 Å². The summed E-state index contributed by atoms with van der Waals surface area (Å²) in [6.07, 6.45) is 3.39. The highest BCUT2D eigenvalue weighted by Gasteiger charge is 2.15. The summed E-state index contributed by atoms with van der Waals surface area (Å²) in [7, 11) is 0. The highest BCUT2D eigenvalue weighted by Crippen LogP contribution is 2.32. The molecule has 5 nitrogen and oxygen atoms in total. The van der Waals surface area contributed by atoms with Gasteiger partial charge in [0.15, 0.2) is 0 Å². The second-order valence-corrected chi connectivity index (χ2v) is 5.19. The zero-order chi connectivity index (χ0) is 14.1. The van der Waals surface area contributed by atoms with Crippen molar-refractivity contribution in [3.05, 3.63) is 46.7 Å². The van der Waals surface area contributed by atoms with Gasteiger partial charge in [-0.2, -0.15) is 4.98 Å². The summed E-state index contributed by atoms with van der Waals surface area (Å²) in [4.78, 5) is 8.37. The lowest BCUT2D eigenvalue weighted by molar-refractivity contribution is 0.425. The van der Waals surface area contributed by atoms with E-state index in [4.69, 9.17) is 4.52 Å². The van der Waals surface area contributed by atoms with E-state index >= 15 is 0 Å². The summed E-state index contributed by atoms with van der Waals surface area (Å²) in [5.41, 5.74) is 2.29. The molecule has 2 heterocycles. The number of aromatic nitrogens is 3. The summed E-state index contributed by atoms with van der Waals surface area (Å²) < 4.78 is 6.05. The molecule has 3 aromatic rings. The first-order valence-corrected chi connectivity index (χ1v) is 6.68. The molecule has 0 radical (unpaired) electrons. The minimum absolute atomic E-state index is 0.0892. The van der Waals surface area contributed by atoms with Crippen LogP contribution in [0, 0.1) is 6.92 Å². The minimum Gasteiger partial charge on any atom is -0.507 e. The molecule has 0 spiro atoms. The summed E-state index contributed by atoms with van der Waals surface area (Å²) >= 11 is 3.35. The molecule has 100 valence electrons. The Morgan fingerprint density at radius 3 is 2.85 bits per heavy atom. The third-order valence-corrected chi connectivity index (χ3v) is 3.39. The van der Waals surface area contributed by atoms with Crippen LogP contribution in [0.4, 0.5) is 0 Å². The largest absolute Gasteiger partial charge is 0.507 e. The van der Waals surface area contributed by atoms with E-state index < -0.39 is 0 Å². The zero-order valence-electron chi connectivity index (χ0n) is 10.5. The fraction of sp³-hybridized carbons (Fsp3) is 0.0714. The van der Waals surface area contributed by atoms with Crippen molar-refractivity contribution in [2.75, 3.05) is 0 Å². The van der Waals surface area contributed by atoms with Crippen LogP contribution in [-0.2, 0) is 0 Å². The van der Waals surface area contributed by atoms with E-state index in [-0.39, 0.29) is 11.6 Å². The van der Waals surface area contributed by atoms with Gasteiger partial charge >= 0.3 is 0 Å². The average Bonchev–Trinajstić information content (AvgIpc) is 2.91. The lowest BCUT2D eigenvalue weighted by Gasteiger charge is -1.99. The highest BCUT2D eigenvalue weighted by molar-refractivity contribution is 9.10. The third kappa shape index (κ3) is 2.30. The van der Waals surface area contributed by atoms with Crippen LogP contribution < -0.4 is 0 Å². The number of nitrogens with zero attached hydrogens (tertiary/aromatic N) is 3. The first-order valence-electron chi connectivity index (χ1n) is 5.89. The van der Waals surface area contributed by atoms with Crippen LogP contribution in [0.3, 0.4) is 0 Å². The molecule has 20 heavy (non-hydrogen) atoms. The van der Waals surface area contributed by atoms with E-state index in [1.54, 1.807) is 30.6 Å². The Morgan fingerprint density at radius 1 is 1.20 bits per heavy atom. The lowest BCUT2D eigenvalue weighted by Crippen LogP contribution is -1.87. The second kappa shape index (κ2) is 5.05. The number of phenolic OH excluding ortho intramolecular Hbond substituents is 1. The van der Waals surface area contributed by atoms with Gasteiger partial charge in [0.05, 0.1) is 5.56 Å². The predicted octanol–water partition coefficient (Wildman–Crippen LogP) is 3.58. The maximum Gasteiger partial charge on any atom is 0.262 e. The minimum atomic E-state index is 0.0892. The summed E-state index contributed by atoms with van der Waals surface area (Å²) in [5.74, 6) is 0.804. The fourth-order valence-corrected chi connectivity index (χ4v) is 2.18. The molecule has 6 heteroatoms. The molecule has 2 aromatic heterocycles. The van der Waals surface area contributed by atoms with E-state index in [2.05, 4.69) is 31.1 Å². The monoisotopic (exact) mass is 331 g/mol. The molecule has 0 fully saturated rings. The molecule has 0 saturated heterocycles. The summed E-state index contributed by atoms with van der Waals surface area (Å²) in [5, 5.41) is 13.8. The Balaban J connectivity index is 2.07. The number of hydrogen-bond donors (Lipinski definition) is 1. The Morgan fingerprint density at radius 2 is 2.05 bits per heavy atom. The molecule has 1 N–H and O–H groups in total. The number of aryl methyl sites for hydroxylation is 1. The van der Waals surface area contributed by atoms with Gasteiger partial charge in [0.2, 0.25) is 5.82 Å². The van der Waals surface area contributed by atoms with E-state index in [1.807, 2.05) is 13.0 Å². The lowest BCUT2D eigenvalue weighted by atomic mass is 10.1. The summed E-state index contributed by atoms with van der Waals surface area (Å²) in [6.45, 7) is 1.95. The number of aromatic hydroxyl groups is 1. The van der Waals surface area contributed by atoms with Crippen LogP contribution >= 0.6 is 15.9 Å². The maximum atomic E-state index is 9.86. The Labute approximate surface area is 123 Å². The van der Waals surface area contributed by atoms with Gasteiger partial charge in [-0.05, 0) is 36.8 Å². The molecule has 0 unspecified atom stereocenters. The first-order chi connectivity index (χ1) is 9.65. The molecule has 0 atom stereocenters. The van der Waals surface area contributed by atoms with Crippen molar-refractivity contribution in [2.45, 2.75) is 6.92 Å². The van der Waals surface area contributed by atoms with Gasteiger partial charge < -0.3 is 9.63 Å². The Hall–Kier alpha value is -2.21. The molecule has 3 rings (SSSR count). The molecular formula is C14H10BrN3O2. The molecule has 0 bridgehead atoms. The van der Waals surface area contributed by atoms with Gasteiger partial charge in [-0.25, -0.2) is 0 Å². The van der Waals surface area contributed by atoms with Crippen molar-refractivity contribution in [2.24, 2.45) is 0 Å². The number of phenols is 1. The van der Waals surface area contributed by atoms with Crippen LogP contribution in [0.25, 0.3) is 22.8 Å². The zero-order valence-corrected chi connectivity index (χ0v) is 12.1. The van der Waals surface area contributed by atoms with Gasteiger partial charge in [0.1, 0.15) is 5.75 Å². The average molecular weight is 332 g/mol. The highest BCUT2D eigenvalue weighted by atomic mass is 79.9. The quantitative estimate of drug-likeness (QED) is 0.777. The van der Waals surface area contributed by atoms with E-state index in [9.17, 15) is 5.11 Å². The maximum absolute atomic E-state index is 9.86. The van der Waals surface area contributed by atoms with Crippen molar-refractivity contribution in [1.29, 1.82) is 0 Å². The van der Waals surface area contributed by atoms with Gasteiger partial charge in [0, 0.05) is 22.4 Å². The molecular weight excluding hydrogens is 322 g/mol. The van der Waals surface area contributed by atoms with E-state index in [1.165, 1.54) is 0 Å². The van der Waals surface area contributed by atoms with Crippen LogP contribution in [0.5, 0.6) is 5.75 Å². The van der Waals surface area contributed by atoms with Crippen molar-refractivity contribution in [3.8, 4) is 28.6 Å². The van der Waals surface area contributed by atoms with E-state index in [0.717, 1.165) is 15.6 Å². The van der Waals surface area contributed by atoms with Crippen molar-refractivity contribution >= 4 is 15.9 Å². The van der Waals surface area contributed by atoms with E-state index in [0.29, 0.717) is 11.4 Å². The fourth-order valence-electron chi connectivity index (χ4n) is 1.82. The van der Waals surface area contributed by atoms with Crippen LogP contribution in [0.2, 0.25) is 0 Å². The SMILES string of the molecule is Cc1ccncc1-c1noc(-c2cc(Br)ccc2O)n1. The number of benzene rings is 1. The van der Waals surface area contributed by atoms with Gasteiger partial charge in [0.25, 0.3) is 5.89 Å². The Kier molecular flexibility index (Phi) is 3.23. The molecule has 0 aliphatic heterocycles. The van der Waals surface area contributed by atoms with Crippen LogP contribution in [0.15, 0.2) is 45.7 Å².